The van der Waals surface area contributed by atoms with Gasteiger partial charge in [0.15, 0.2) is 5.82 Å². The first-order chi connectivity index (χ1) is 17.1. The van der Waals surface area contributed by atoms with Gasteiger partial charge in [-0.15, -0.1) is 11.3 Å². The van der Waals surface area contributed by atoms with Crippen LogP contribution in [0.2, 0.25) is 0 Å². The van der Waals surface area contributed by atoms with Crippen LogP contribution in [-0.2, 0) is 4.74 Å². The highest BCUT2D eigenvalue weighted by Gasteiger charge is 2.18. The summed E-state index contributed by atoms with van der Waals surface area (Å²) in [5.41, 5.74) is 2.31. The van der Waals surface area contributed by atoms with Crippen LogP contribution in [0.25, 0.3) is 11.5 Å². The van der Waals surface area contributed by atoms with Crippen LogP contribution in [0.5, 0.6) is 0 Å². The van der Waals surface area contributed by atoms with Crippen molar-refractivity contribution < 1.29 is 9.53 Å². The highest BCUT2D eigenvalue weighted by molar-refractivity contribution is 7.12. The van der Waals surface area contributed by atoms with E-state index in [9.17, 15) is 4.79 Å². The number of esters is 1. The molecular formula is C24H24N8O2S. The number of carbonyl (C=O) groups is 1. The molecule has 0 unspecified atom stereocenters. The minimum Gasteiger partial charge on any atom is -0.461 e. The van der Waals surface area contributed by atoms with Crippen LogP contribution < -0.4 is 16.0 Å². The molecule has 4 aromatic rings. The van der Waals surface area contributed by atoms with Crippen molar-refractivity contribution in [3.63, 3.8) is 0 Å². The number of aromatic nitrogens is 5. The van der Waals surface area contributed by atoms with E-state index in [2.05, 4.69) is 40.9 Å². The predicted molar refractivity (Wildman–Crippen MR) is 134 cm³/mol. The van der Waals surface area contributed by atoms with Crippen molar-refractivity contribution >= 4 is 40.6 Å². The Morgan fingerprint density at radius 3 is 2.71 bits per heavy atom. The zero-order valence-electron chi connectivity index (χ0n) is 19.1. The molecule has 35 heavy (non-hydrogen) atoms. The molecule has 0 bridgehead atoms. The average Bonchev–Trinajstić information content (AvgIpc) is 3.29. The van der Waals surface area contributed by atoms with Crippen molar-refractivity contribution in [3.8, 4) is 11.5 Å². The van der Waals surface area contributed by atoms with Gasteiger partial charge in [-0.2, -0.15) is 4.98 Å². The number of nitrogens with one attached hydrogen (secondary N) is 3. The van der Waals surface area contributed by atoms with Crippen molar-refractivity contribution in [1.29, 1.82) is 0 Å². The van der Waals surface area contributed by atoms with E-state index in [0.29, 0.717) is 46.5 Å². The maximum absolute atomic E-state index is 12.3. The summed E-state index contributed by atoms with van der Waals surface area (Å²) in [5.74, 6) is 2.35. The Hall–Kier alpha value is -3.96. The Morgan fingerprint density at radius 1 is 1.09 bits per heavy atom. The molecule has 0 saturated carbocycles. The SMILES string of the molecule is Cc1cccc(-c2nccc(Nc3ccnc(Nc4csc(C(=O)OCCC5CNC5)c4)n3)n2)n1. The van der Waals surface area contributed by atoms with Gasteiger partial charge in [0.25, 0.3) is 0 Å². The molecule has 1 saturated heterocycles. The maximum atomic E-state index is 12.3. The van der Waals surface area contributed by atoms with E-state index in [4.69, 9.17) is 4.74 Å². The molecule has 5 rings (SSSR count). The first kappa shape index (κ1) is 22.8. The van der Waals surface area contributed by atoms with Crippen LogP contribution in [0, 0.1) is 12.8 Å². The lowest BCUT2D eigenvalue weighted by Gasteiger charge is -2.26. The Bertz CT molecular complexity index is 1320. The van der Waals surface area contributed by atoms with E-state index in [0.717, 1.165) is 30.9 Å². The summed E-state index contributed by atoms with van der Waals surface area (Å²) in [4.78, 5) is 34.9. The number of anilines is 4. The Morgan fingerprint density at radius 2 is 1.91 bits per heavy atom. The van der Waals surface area contributed by atoms with Crippen molar-refractivity contribution in [2.75, 3.05) is 30.3 Å². The van der Waals surface area contributed by atoms with Crippen molar-refractivity contribution in [2.24, 2.45) is 5.92 Å². The molecular weight excluding hydrogens is 464 g/mol. The number of pyridine rings is 1. The molecule has 0 amide bonds. The average molecular weight is 489 g/mol. The second kappa shape index (κ2) is 10.5. The molecule has 1 fully saturated rings. The molecule has 0 radical (unpaired) electrons. The molecule has 10 nitrogen and oxygen atoms in total. The minimum absolute atomic E-state index is 0.311. The monoisotopic (exact) mass is 488 g/mol. The van der Waals surface area contributed by atoms with Crippen LogP contribution in [0.15, 0.2) is 54.2 Å². The van der Waals surface area contributed by atoms with Crippen LogP contribution in [0.1, 0.15) is 21.8 Å². The number of nitrogens with zero attached hydrogens (tertiary/aromatic N) is 5. The molecule has 178 valence electrons. The first-order valence-electron chi connectivity index (χ1n) is 11.2. The van der Waals surface area contributed by atoms with Gasteiger partial charge in [-0.1, -0.05) is 6.07 Å². The lowest BCUT2D eigenvalue weighted by atomic mass is 10.0. The fourth-order valence-electron chi connectivity index (χ4n) is 3.42. The van der Waals surface area contributed by atoms with Gasteiger partial charge >= 0.3 is 5.97 Å². The van der Waals surface area contributed by atoms with Gasteiger partial charge in [-0.25, -0.2) is 24.7 Å². The third-order valence-corrected chi connectivity index (χ3v) is 6.28. The largest absolute Gasteiger partial charge is 0.461 e. The van der Waals surface area contributed by atoms with E-state index in [1.807, 2.05) is 30.5 Å². The molecule has 0 spiro atoms. The van der Waals surface area contributed by atoms with Gasteiger partial charge in [-0.3, -0.25) is 0 Å². The van der Waals surface area contributed by atoms with Crippen LogP contribution in [-0.4, -0.2) is 50.6 Å². The Kier molecular flexibility index (Phi) is 6.87. The zero-order chi connectivity index (χ0) is 24.0. The van der Waals surface area contributed by atoms with Gasteiger partial charge in [0.2, 0.25) is 5.95 Å². The van der Waals surface area contributed by atoms with Gasteiger partial charge in [0.05, 0.1) is 12.3 Å². The third-order valence-electron chi connectivity index (χ3n) is 5.37. The van der Waals surface area contributed by atoms with Crippen molar-refractivity contribution in [2.45, 2.75) is 13.3 Å². The number of hydrogen-bond donors (Lipinski definition) is 3. The number of ether oxygens (including phenoxy) is 1. The fraction of sp³-hybridized carbons (Fsp3) is 0.250. The number of aryl methyl sites for hydroxylation is 1. The summed E-state index contributed by atoms with van der Waals surface area (Å²) < 4.78 is 5.39. The fourth-order valence-corrected chi connectivity index (χ4v) is 4.15. The Balaban J connectivity index is 1.21. The maximum Gasteiger partial charge on any atom is 0.348 e. The molecule has 1 aliphatic rings. The summed E-state index contributed by atoms with van der Waals surface area (Å²) in [6.45, 7) is 4.36. The molecule has 11 heteroatoms. The zero-order valence-corrected chi connectivity index (χ0v) is 19.9. The van der Waals surface area contributed by atoms with Gasteiger partial charge in [-0.05, 0) is 62.7 Å². The lowest BCUT2D eigenvalue weighted by molar-refractivity contribution is 0.0477. The summed E-state index contributed by atoms with van der Waals surface area (Å²) in [6.07, 6.45) is 4.20. The first-order valence-corrected chi connectivity index (χ1v) is 12.1. The number of carbonyl (C=O) groups excluding carboxylic acids is 1. The summed E-state index contributed by atoms with van der Waals surface area (Å²) in [6, 6.07) is 11.0. The topological polar surface area (TPSA) is 127 Å². The summed E-state index contributed by atoms with van der Waals surface area (Å²) >= 11 is 1.32. The minimum atomic E-state index is -0.311. The second-order valence-corrected chi connectivity index (χ2v) is 9.00. The van der Waals surface area contributed by atoms with Crippen molar-refractivity contribution in [3.05, 3.63) is 64.7 Å². The van der Waals surface area contributed by atoms with E-state index < -0.39 is 0 Å². The van der Waals surface area contributed by atoms with E-state index in [1.165, 1.54) is 11.3 Å². The summed E-state index contributed by atoms with van der Waals surface area (Å²) in [7, 11) is 0. The van der Waals surface area contributed by atoms with Crippen LogP contribution >= 0.6 is 11.3 Å². The lowest BCUT2D eigenvalue weighted by Crippen LogP contribution is -2.42. The van der Waals surface area contributed by atoms with Crippen LogP contribution in [0.4, 0.5) is 23.3 Å². The van der Waals surface area contributed by atoms with Crippen LogP contribution in [0.3, 0.4) is 0 Å². The quantitative estimate of drug-likeness (QED) is 0.298. The molecule has 3 N–H and O–H groups in total. The number of thiophene rings is 1. The van der Waals surface area contributed by atoms with Crippen molar-refractivity contribution in [1.82, 2.24) is 30.2 Å². The highest BCUT2D eigenvalue weighted by atomic mass is 32.1. The molecule has 1 aliphatic heterocycles. The second-order valence-electron chi connectivity index (χ2n) is 8.09. The Labute approximate surface area is 206 Å². The smallest absolute Gasteiger partial charge is 0.348 e. The van der Waals surface area contributed by atoms with Gasteiger partial charge in [0.1, 0.15) is 22.2 Å². The van der Waals surface area contributed by atoms with E-state index in [1.54, 1.807) is 30.6 Å². The third kappa shape index (κ3) is 5.94. The molecule has 0 atom stereocenters. The van der Waals surface area contributed by atoms with E-state index >= 15 is 0 Å². The highest BCUT2D eigenvalue weighted by Crippen LogP contribution is 2.24. The van der Waals surface area contributed by atoms with E-state index in [-0.39, 0.29) is 5.97 Å². The summed E-state index contributed by atoms with van der Waals surface area (Å²) in [5, 5.41) is 11.4. The standard InChI is InChI=1S/C24H24N8O2S/c1-15-3-2-4-18(28-15)22-26-8-5-20(31-22)30-21-6-9-27-24(32-21)29-17-11-19(35-14-17)23(33)34-10-7-16-12-25-13-16/h2-6,8-9,11,14,16,25H,7,10,12-13H2,1H3,(H2,26,27,29,30,31,32). The predicted octanol–water partition coefficient (Wildman–Crippen LogP) is 3.95. The van der Waals surface area contributed by atoms with Gasteiger partial charge < -0.3 is 20.7 Å². The number of rotatable bonds is 9. The molecule has 0 aromatic carbocycles. The molecule has 5 heterocycles. The molecule has 0 aliphatic carbocycles. The van der Waals surface area contributed by atoms with Gasteiger partial charge in [0, 0.05) is 23.5 Å². The number of hydrogen-bond acceptors (Lipinski definition) is 11. The molecule has 4 aromatic heterocycles. The normalized spacial score (nSPS) is 13.2.